The first kappa shape index (κ1) is 22.5. The molecular formula is C25H30N2O4S. The van der Waals surface area contributed by atoms with Crippen LogP contribution < -0.4 is 9.80 Å². The molecule has 6 nitrogen and oxygen atoms in total. The molecule has 2 aliphatic rings. The lowest BCUT2D eigenvalue weighted by Gasteiger charge is -2.41. The van der Waals surface area contributed by atoms with Crippen LogP contribution in [0.4, 0.5) is 11.4 Å². The molecule has 170 valence electrons. The van der Waals surface area contributed by atoms with E-state index in [4.69, 9.17) is 0 Å². The number of sulfone groups is 1. The molecule has 1 aliphatic heterocycles. The van der Waals surface area contributed by atoms with Crippen LogP contribution in [-0.2, 0) is 19.4 Å². The standard InChI is InChI=1S/C25H30N2O4S/c1-17-16-26(25(29)14-19-6-4-5-7-19)24-15-21(10-13-23(24)27(17)18(2)28)20-8-11-22(12-9-20)32(3,30)31/h8-13,15,17,19H,4-7,14,16H2,1-3H3. The molecule has 2 aromatic carbocycles. The van der Waals surface area contributed by atoms with Crippen molar-refractivity contribution < 1.29 is 18.0 Å². The van der Waals surface area contributed by atoms with Gasteiger partial charge >= 0.3 is 0 Å². The van der Waals surface area contributed by atoms with E-state index >= 15 is 0 Å². The van der Waals surface area contributed by atoms with E-state index in [2.05, 4.69) is 0 Å². The molecule has 4 rings (SSSR count). The highest BCUT2D eigenvalue weighted by atomic mass is 32.2. The largest absolute Gasteiger partial charge is 0.308 e. The van der Waals surface area contributed by atoms with Crippen LogP contribution in [0.25, 0.3) is 11.1 Å². The Morgan fingerprint density at radius 2 is 1.59 bits per heavy atom. The summed E-state index contributed by atoms with van der Waals surface area (Å²) in [6, 6.07) is 12.4. The van der Waals surface area contributed by atoms with Crippen LogP contribution in [0.2, 0.25) is 0 Å². The molecule has 2 aromatic rings. The van der Waals surface area contributed by atoms with Gasteiger partial charge in [-0.05, 0) is 61.1 Å². The third-order valence-electron chi connectivity index (χ3n) is 6.61. The molecule has 0 aromatic heterocycles. The number of fused-ring (bicyclic) bond motifs is 1. The van der Waals surface area contributed by atoms with Gasteiger partial charge in [-0.2, -0.15) is 0 Å². The molecule has 0 saturated heterocycles. The molecule has 32 heavy (non-hydrogen) atoms. The van der Waals surface area contributed by atoms with Crippen molar-refractivity contribution in [2.45, 2.75) is 56.9 Å². The first-order valence-electron chi connectivity index (χ1n) is 11.2. The lowest BCUT2D eigenvalue weighted by molar-refractivity contribution is -0.120. The van der Waals surface area contributed by atoms with Crippen molar-refractivity contribution in [1.82, 2.24) is 0 Å². The van der Waals surface area contributed by atoms with E-state index in [0.29, 0.717) is 18.9 Å². The highest BCUT2D eigenvalue weighted by Crippen LogP contribution is 2.40. The lowest BCUT2D eigenvalue weighted by Crippen LogP contribution is -2.51. The van der Waals surface area contributed by atoms with Crippen molar-refractivity contribution in [3.8, 4) is 11.1 Å². The maximum Gasteiger partial charge on any atom is 0.227 e. The van der Waals surface area contributed by atoms with E-state index in [1.807, 2.05) is 30.0 Å². The Hall–Kier alpha value is -2.67. The number of carbonyl (C=O) groups is 2. The van der Waals surface area contributed by atoms with Gasteiger partial charge in [-0.3, -0.25) is 9.59 Å². The van der Waals surface area contributed by atoms with E-state index in [1.165, 1.54) is 19.1 Å². The minimum absolute atomic E-state index is 0.0492. The average Bonchev–Trinajstić information content (AvgIpc) is 3.25. The van der Waals surface area contributed by atoms with Crippen LogP contribution in [0.3, 0.4) is 0 Å². The molecule has 1 saturated carbocycles. The summed E-state index contributed by atoms with van der Waals surface area (Å²) in [5, 5.41) is 0. The van der Waals surface area contributed by atoms with Crippen molar-refractivity contribution >= 4 is 33.0 Å². The Bertz CT molecular complexity index is 1140. The van der Waals surface area contributed by atoms with Crippen molar-refractivity contribution in [1.29, 1.82) is 0 Å². The zero-order chi connectivity index (χ0) is 23.0. The minimum atomic E-state index is -3.27. The van der Waals surface area contributed by atoms with Gasteiger partial charge in [-0.15, -0.1) is 0 Å². The van der Waals surface area contributed by atoms with E-state index in [9.17, 15) is 18.0 Å². The molecule has 1 unspecified atom stereocenters. The number of anilines is 2. The molecule has 2 amide bonds. The summed E-state index contributed by atoms with van der Waals surface area (Å²) in [6.45, 7) is 3.99. The number of hydrogen-bond donors (Lipinski definition) is 0. The van der Waals surface area contributed by atoms with E-state index in [0.717, 1.165) is 35.3 Å². The van der Waals surface area contributed by atoms with E-state index in [1.54, 1.807) is 36.1 Å². The molecule has 1 heterocycles. The fourth-order valence-electron chi connectivity index (χ4n) is 4.99. The Morgan fingerprint density at radius 3 is 2.19 bits per heavy atom. The maximum absolute atomic E-state index is 13.3. The number of nitrogens with zero attached hydrogens (tertiary/aromatic N) is 2. The summed E-state index contributed by atoms with van der Waals surface area (Å²) < 4.78 is 23.6. The summed E-state index contributed by atoms with van der Waals surface area (Å²) in [5.74, 6) is 0.503. The van der Waals surface area contributed by atoms with Crippen LogP contribution in [0.5, 0.6) is 0 Å². The van der Waals surface area contributed by atoms with Gasteiger partial charge in [-0.1, -0.05) is 31.0 Å². The first-order chi connectivity index (χ1) is 15.1. The second-order valence-electron chi connectivity index (χ2n) is 9.10. The predicted molar refractivity (Wildman–Crippen MR) is 127 cm³/mol. The summed E-state index contributed by atoms with van der Waals surface area (Å²) in [6.07, 6.45) is 6.32. The smallest absolute Gasteiger partial charge is 0.227 e. The molecule has 7 heteroatoms. The second kappa shape index (κ2) is 8.70. The van der Waals surface area contributed by atoms with Gasteiger partial charge in [0.15, 0.2) is 9.84 Å². The van der Waals surface area contributed by atoms with Crippen molar-refractivity contribution in [3.63, 3.8) is 0 Å². The normalized spacial score (nSPS) is 19.2. The van der Waals surface area contributed by atoms with Gasteiger partial charge in [0.25, 0.3) is 0 Å². The lowest BCUT2D eigenvalue weighted by atomic mass is 9.98. The van der Waals surface area contributed by atoms with Gasteiger partial charge in [0.05, 0.1) is 22.3 Å². The second-order valence-corrected chi connectivity index (χ2v) is 11.1. The topological polar surface area (TPSA) is 74.8 Å². The third-order valence-corrected chi connectivity index (χ3v) is 7.74. The predicted octanol–water partition coefficient (Wildman–Crippen LogP) is 4.43. The molecule has 0 bridgehead atoms. The molecule has 1 atom stereocenters. The summed E-state index contributed by atoms with van der Waals surface area (Å²) >= 11 is 0. The van der Waals surface area contributed by atoms with Gasteiger partial charge in [0.1, 0.15) is 0 Å². The highest BCUT2D eigenvalue weighted by Gasteiger charge is 2.34. The van der Waals surface area contributed by atoms with E-state index < -0.39 is 9.84 Å². The van der Waals surface area contributed by atoms with Crippen LogP contribution in [0.15, 0.2) is 47.4 Å². The monoisotopic (exact) mass is 454 g/mol. The minimum Gasteiger partial charge on any atom is -0.308 e. The van der Waals surface area contributed by atoms with Crippen molar-refractivity contribution in [3.05, 3.63) is 42.5 Å². The fourth-order valence-corrected chi connectivity index (χ4v) is 5.62. The van der Waals surface area contributed by atoms with E-state index in [-0.39, 0.29) is 22.8 Å². The summed E-state index contributed by atoms with van der Waals surface area (Å²) in [5.41, 5.74) is 3.22. The Labute approximate surface area is 190 Å². The maximum atomic E-state index is 13.3. The number of amides is 2. The van der Waals surface area contributed by atoms with Crippen LogP contribution in [-0.4, -0.2) is 39.1 Å². The quantitative estimate of drug-likeness (QED) is 0.685. The molecular weight excluding hydrogens is 424 g/mol. The fraction of sp³-hybridized carbons (Fsp3) is 0.440. The van der Waals surface area contributed by atoms with Crippen LogP contribution in [0, 0.1) is 5.92 Å². The zero-order valence-corrected chi connectivity index (χ0v) is 19.7. The van der Waals surface area contributed by atoms with Crippen LogP contribution in [0.1, 0.15) is 46.0 Å². The average molecular weight is 455 g/mol. The van der Waals surface area contributed by atoms with Crippen molar-refractivity contribution in [2.24, 2.45) is 5.92 Å². The molecule has 0 spiro atoms. The number of rotatable bonds is 4. The summed E-state index contributed by atoms with van der Waals surface area (Å²) in [4.78, 5) is 29.5. The SMILES string of the molecule is CC(=O)N1c2ccc(-c3ccc(S(C)(=O)=O)cc3)cc2N(C(=O)CC2CCCC2)CC1C. The zero-order valence-electron chi connectivity index (χ0n) is 18.9. The van der Waals surface area contributed by atoms with Gasteiger partial charge in [0.2, 0.25) is 11.8 Å². The third kappa shape index (κ3) is 4.44. The number of benzene rings is 2. The molecule has 1 aliphatic carbocycles. The number of hydrogen-bond acceptors (Lipinski definition) is 4. The van der Waals surface area contributed by atoms with Gasteiger partial charge in [-0.25, -0.2) is 8.42 Å². The Kier molecular flexibility index (Phi) is 6.12. The highest BCUT2D eigenvalue weighted by molar-refractivity contribution is 7.90. The van der Waals surface area contributed by atoms with Crippen LogP contribution >= 0.6 is 0 Å². The Morgan fingerprint density at radius 1 is 0.969 bits per heavy atom. The molecule has 0 radical (unpaired) electrons. The molecule has 0 N–H and O–H groups in total. The van der Waals surface area contributed by atoms with Gasteiger partial charge in [0, 0.05) is 26.1 Å². The summed E-state index contributed by atoms with van der Waals surface area (Å²) in [7, 11) is -3.27. The van der Waals surface area contributed by atoms with Gasteiger partial charge < -0.3 is 9.80 Å². The van der Waals surface area contributed by atoms with Crippen molar-refractivity contribution in [2.75, 3.05) is 22.6 Å². The number of carbonyl (C=O) groups excluding carboxylic acids is 2. The first-order valence-corrected chi connectivity index (χ1v) is 13.1. The Balaban J connectivity index is 1.72. The molecule has 1 fully saturated rings.